The monoisotopic (exact) mass is 373 g/mol. The predicted molar refractivity (Wildman–Crippen MR) is 97.6 cm³/mol. The van der Waals surface area contributed by atoms with E-state index in [0.29, 0.717) is 13.1 Å². The molecule has 2 unspecified atom stereocenters. The van der Waals surface area contributed by atoms with Gasteiger partial charge >= 0.3 is 0 Å². The number of carbonyl (C=O) groups is 1. The molecular formula is C16H24ClN3O3S. The summed E-state index contributed by atoms with van der Waals surface area (Å²) < 4.78 is 25.6. The maximum atomic E-state index is 12.2. The third-order valence-electron chi connectivity index (χ3n) is 3.75. The van der Waals surface area contributed by atoms with E-state index < -0.39 is 10.0 Å². The molecule has 1 amide bonds. The largest absolute Gasteiger partial charge is 0.336 e. The van der Waals surface area contributed by atoms with E-state index in [4.69, 9.17) is 0 Å². The number of carbonyl (C=O) groups excluding carboxylic acids is 1. The molecule has 134 valence electrons. The zero-order chi connectivity index (χ0) is 17.0. The number of nitrogens with one attached hydrogen (secondary N) is 2. The quantitative estimate of drug-likeness (QED) is 0.778. The molecule has 1 saturated heterocycles. The molecule has 0 radical (unpaired) electrons. The SMILES string of the molecule is CNS(=O)(=O)c1ccc(/C=C/C(=O)N2CC(C)NC(C)C2)cc1.Cl. The van der Waals surface area contributed by atoms with Crippen LogP contribution in [0.3, 0.4) is 0 Å². The van der Waals surface area contributed by atoms with Gasteiger partial charge in [-0.3, -0.25) is 4.79 Å². The van der Waals surface area contributed by atoms with Gasteiger partial charge in [0.25, 0.3) is 0 Å². The Hall–Kier alpha value is -1.41. The number of halogens is 1. The lowest BCUT2D eigenvalue weighted by Gasteiger charge is -2.35. The van der Waals surface area contributed by atoms with E-state index in [-0.39, 0.29) is 35.3 Å². The van der Waals surface area contributed by atoms with Gasteiger partial charge in [0.15, 0.2) is 0 Å². The molecule has 6 nitrogen and oxygen atoms in total. The predicted octanol–water partition coefficient (Wildman–Crippen LogP) is 1.24. The van der Waals surface area contributed by atoms with Crippen LogP contribution in [0.5, 0.6) is 0 Å². The molecule has 0 aromatic heterocycles. The summed E-state index contributed by atoms with van der Waals surface area (Å²) in [6, 6.07) is 6.95. The molecule has 1 aliphatic rings. The second kappa shape index (κ2) is 8.62. The van der Waals surface area contributed by atoms with Crippen molar-refractivity contribution < 1.29 is 13.2 Å². The van der Waals surface area contributed by atoms with Gasteiger partial charge in [-0.1, -0.05) is 12.1 Å². The van der Waals surface area contributed by atoms with Gasteiger partial charge in [0, 0.05) is 31.2 Å². The average molecular weight is 374 g/mol. The Balaban J connectivity index is 0.00000288. The van der Waals surface area contributed by atoms with E-state index in [1.165, 1.54) is 25.3 Å². The molecule has 1 aliphatic heterocycles. The van der Waals surface area contributed by atoms with Gasteiger partial charge in [-0.15, -0.1) is 12.4 Å². The third-order valence-corrected chi connectivity index (χ3v) is 5.18. The molecule has 1 aromatic rings. The van der Waals surface area contributed by atoms with Crippen LogP contribution in [-0.2, 0) is 14.8 Å². The molecule has 8 heteroatoms. The molecule has 1 heterocycles. The van der Waals surface area contributed by atoms with Crippen molar-refractivity contribution in [2.45, 2.75) is 30.8 Å². The average Bonchev–Trinajstić information content (AvgIpc) is 2.52. The molecule has 0 aliphatic carbocycles. The third kappa shape index (κ3) is 5.31. The molecule has 1 aromatic carbocycles. The first-order valence-corrected chi connectivity index (χ1v) is 9.07. The first kappa shape index (κ1) is 20.6. The van der Waals surface area contributed by atoms with Gasteiger partial charge < -0.3 is 10.2 Å². The summed E-state index contributed by atoms with van der Waals surface area (Å²) in [7, 11) is -2.06. The van der Waals surface area contributed by atoms with Crippen LogP contribution >= 0.6 is 12.4 Å². The Kier molecular flexibility index (Phi) is 7.41. The number of hydrogen-bond acceptors (Lipinski definition) is 4. The summed E-state index contributed by atoms with van der Waals surface area (Å²) in [5, 5.41) is 3.38. The van der Waals surface area contributed by atoms with Crippen LogP contribution < -0.4 is 10.0 Å². The van der Waals surface area contributed by atoms with Crippen LogP contribution in [0.25, 0.3) is 6.08 Å². The summed E-state index contributed by atoms with van der Waals surface area (Å²) in [5.74, 6) is -0.0304. The van der Waals surface area contributed by atoms with Gasteiger partial charge in [-0.05, 0) is 44.7 Å². The number of nitrogens with zero attached hydrogens (tertiary/aromatic N) is 1. The number of hydrogen-bond donors (Lipinski definition) is 2. The summed E-state index contributed by atoms with van der Waals surface area (Å²) in [6.45, 7) is 5.49. The highest BCUT2D eigenvalue weighted by Gasteiger charge is 2.23. The van der Waals surface area contributed by atoms with Crippen molar-refractivity contribution in [3.8, 4) is 0 Å². The van der Waals surface area contributed by atoms with Crippen molar-refractivity contribution in [1.29, 1.82) is 0 Å². The topological polar surface area (TPSA) is 78.5 Å². The van der Waals surface area contributed by atoms with Crippen molar-refractivity contribution in [1.82, 2.24) is 14.9 Å². The lowest BCUT2D eigenvalue weighted by atomic mass is 10.1. The summed E-state index contributed by atoms with van der Waals surface area (Å²) in [5.41, 5.74) is 0.782. The Morgan fingerprint density at radius 3 is 2.25 bits per heavy atom. The zero-order valence-corrected chi connectivity index (χ0v) is 15.7. The van der Waals surface area contributed by atoms with Crippen LogP contribution in [0.15, 0.2) is 35.2 Å². The van der Waals surface area contributed by atoms with Crippen molar-refractivity contribution in [2.24, 2.45) is 0 Å². The fraction of sp³-hybridized carbons (Fsp3) is 0.438. The van der Waals surface area contributed by atoms with Gasteiger partial charge in [0.1, 0.15) is 0 Å². The Morgan fingerprint density at radius 1 is 1.21 bits per heavy atom. The normalized spacial score (nSPS) is 21.5. The van der Waals surface area contributed by atoms with Crippen molar-refractivity contribution in [2.75, 3.05) is 20.1 Å². The van der Waals surface area contributed by atoms with Crippen LogP contribution in [0.2, 0.25) is 0 Å². The second-order valence-corrected chi connectivity index (χ2v) is 7.71. The maximum absolute atomic E-state index is 12.2. The molecule has 0 saturated carbocycles. The first-order chi connectivity index (χ1) is 10.8. The molecule has 0 spiro atoms. The standard InChI is InChI=1S/C16H23N3O3S.ClH/c1-12-10-19(11-13(2)18-12)16(20)9-6-14-4-7-15(8-5-14)23(21,22)17-3;/h4-9,12-13,17-18H,10-11H2,1-3H3;1H/b9-6+;. The first-order valence-electron chi connectivity index (χ1n) is 7.58. The van der Waals surface area contributed by atoms with Gasteiger partial charge in [-0.2, -0.15) is 0 Å². The fourth-order valence-corrected chi connectivity index (χ4v) is 3.39. The summed E-state index contributed by atoms with van der Waals surface area (Å²) in [4.78, 5) is 14.3. The van der Waals surface area contributed by atoms with E-state index in [1.807, 2.05) is 4.90 Å². The maximum Gasteiger partial charge on any atom is 0.246 e. The fourth-order valence-electron chi connectivity index (χ4n) is 2.66. The Morgan fingerprint density at radius 2 is 1.75 bits per heavy atom. The van der Waals surface area contributed by atoms with Crippen LogP contribution in [0.1, 0.15) is 19.4 Å². The van der Waals surface area contributed by atoms with Crippen molar-refractivity contribution >= 4 is 34.4 Å². The minimum atomic E-state index is -3.43. The molecule has 24 heavy (non-hydrogen) atoms. The van der Waals surface area contributed by atoms with Crippen LogP contribution in [0, 0.1) is 0 Å². The van der Waals surface area contributed by atoms with Gasteiger partial charge in [-0.25, -0.2) is 13.1 Å². The molecule has 1 fully saturated rings. The number of amides is 1. The van der Waals surface area contributed by atoms with Gasteiger partial charge in [0.05, 0.1) is 4.90 Å². The highest BCUT2D eigenvalue weighted by atomic mass is 35.5. The van der Waals surface area contributed by atoms with E-state index in [0.717, 1.165) is 5.56 Å². The lowest BCUT2D eigenvalue weighted by molar-refractivity contribution is -0.127. The smallest absolute Gasteiger partial charge is 0.246 e. The number of piperazine rings is 1. The molecule has 2 rings (SSSR count). The number of benzene rings is 1. The Bertz CT molecular complexity index is 679. The molecular weight excluding hydrogens is 350 g/mol. The van der Waals surface area contributed by atoms with Gasteiger partial charge in [0.2, 0.25) is 15.9 Å². The summed E-state index contributed by atoms with van der Waals surface area (Å²) >= 11 is 0. The minimum Gasteiger partial charge on any atom is -0.336 e. The highest BCUT2D eigenvalue weighted by molar-refractivity contribution is 7.89. The second-order valence-electron chi connectivity index (χ2n) is 5.82. The van der Waals surface area contributed by atoms with E-state index in [9.17, 15) is 13.2 Å². The zero-order valence-electron chi connectivity index (χ0n) is 14.0. The number of rotatable bonds is 4. The van der Waals surface area contributed by atoms with Crippen molar-refractivity contribution in [3.63, 3.8) is 0 Å². The van der Waals surface area contributed by atoms with Crippen LogP contribution in [-0.4, -0.2) is 51.4 Å². The lowest BCUT2D eigenvalue weighted by Crippen LogP contribution is -2.55. The number of sulfonamides is 1. The molecule has 2 atom stereocenters. The minimum absolute atomic E-state index is 0. The molecule has 0 bridgehead atoms. The van der Waals surface area contributed by atoms with E-state index in [1.54, 1.807) is 18.2 Å². The molecule has 2 N–H and O–H groups in total. The Labute approximate surface area is 149 Å². The van der Waals surface area contributed by atoms with E-state index >= 15 is 0 Å². The van der Waals surface area contributed by atoms with Crippen LogP contribution in [0.4, 0.5) is 0 Å². The highest BCUT2D eigenvalue weighted by Crippen LogP contribution is 2.12. The van der Waals surface area contributed by atoms with E-state index in [2.05, 4.69) is 23.9 Å². The van der Waals surface area contributed by atoms with Crippen molar-refractivity contribution in [3.05, 3.63) is 35.9 Å². The summed E-state index contributed by atoms with van der Waals surface area (Å²) in [6.07, 6.45) is 3.24.